The summed E-state index contributed by atoms with van der Waals surface area (Å²) in [6, 6.07) is 34.2. The Morgan fingerprint density at radius 2 is 1.00 bits per heavy atom. The molecule has 1 saturated carbocycles. The second kappa shape index (κ2) is 8.40. The molecule has 31 heavy (non-hydrogen) atoms. The maximum absolute atomic E-state index is 2.59. The van der Waals surface area contributed by atoms with Crippen LogP contribution in [0, 0.1) is 5.41 Å². The second-order valence-electron chi connectivity index (χ2n) is 10.1. The molecule has 3 aromatic rings. The van der Waals surface area contributed by atoms with Gasteiger partial charge in [-0.05, 0) is 87.4 Å². The van der Waals surface area contributed by atoms with Crippen LogP contribution in [0.25, 0.3) is 0 Å². The third kappa shape index (κ3) is 3.50. The van der Waals surface area contributed by atoms with Crippen LogP contribution in [0.15, 0.2) is 102 Å². The molecule has 1 unspecified atom stereocenters. The molecule has 0 saturated heterocycles. The summed E-state index contributed by atoms with van der Waals surface area (Å²) in [7, 11) is -1.99. The molecule has 0 amide bonds. The lowest BCUT2D eigenvalue weighted by Crippen LogP contribution is -2.51. The van der Waals surface area contributed by atoms with Gasteiger partial charge in [0.05, 0.1) is 0 Å². The van der Waals surface area contributed by atoms with Crippen LogP contribution in [0.1, 0.15) is 53.9 Å². The lowest BCUT2D eigenvalue weighted by atomic mass is 9.66. The van der Waals surface area contributed by atoms with E-state index in [1.807, 2.05) is 0 Å². The predicted molar refractivity (Wildman–Crippen MR) is 140 cm³/mol. The van der Waals surface area contributed by atoms with E-state index in [2.05, 4.69) is 126 Å². The highest BCUT2D eigenvalue weighted by Gasteiger charge is 2.64. The molecule has 1 aliphatic rings. The Labute approximate surface area is 189 Å². The Hall–Kier alpha value is -2.17. The minimum absolute atomic E-state index is 0.0671. The van der Waals surface area contributed by atoms with Crippen LogP contribution in [0.2, 0.25) is 0 Å². The highest BCUT2D eigenvalue weighted by molar-refractivity contribution is 7.97. The molecule has 1 aliphatic carbocycles. The van der Waals surface area contributed by atoms with Crippen molar-refractivity contribution >= 4 is 23.2 Å². The smallest absolute Gasteiger partial charge is 0.0725 e. The highest BCUT2D eigenvalue weighted by atomic mass is 31.2. The topological polar surface area (TPSA) is 0 Å². The predicted octanol–water partition coefficient (Wildman–Crippen LogP) is 7.29. The molecular formula is C30H36P+. The van der Waals surface area contributed by atoms with Gasteiger partial charge in [0.25, 0.3) is 0 Å². The molecule has 160 valence electrons. The third-order valence-electron chi connectivity index (χ3n) is 7.35. The first-order valence-corrected chi connectivity index (χ1v) is 13.4. The Bertz CT molecular complexity index is 947. The zero-order chi connectivity index (χ0) is 22.1. The van der Waals surface area contributed by atoms with Crippen LogP contribution in [0.3, 0.4) is 0 Å². The van der Waals surface area contributed by atoms with Gasteiger partial charge in [0.15, 0.2) is 0 Å². The molecule has 0 aliphatic heterocycles. The van der Waals surface area contributed by atoms with Crippen LogP contribution in [0.5, 0.6) is 0 Å². The van der Waals surface area contributed by atoms with E-state index in [0.717, 1.165) is 0 Å². The van der Waals surface area contributed by atoms with Crippen LogP contribution in [-0.4, -0.2) is 5.16 Å². The molecule has 0 radical (unpaired) electrons. The molecule has 1 fully saturated rings. The standard InChI is InChI=1S/C30H36P/c1-24(2)28-29(3,4)22-15-23-30(28,5)31(25-16-9-6-10-17-25,26-18-11-7-12-19-26)27-20-13-8-14-21-27/h6-14,16-21H,15,22-23H2,1-5H3/q+1. The molecule has 4 rings (SSSR count). The average Bonchev–Trinajstić information content (AvgIpc) is 2.75. The molecular weight excluding hydrogens is 391 g/mol. The first kappa shape index (κ1) is 22.0. The van der Waals surface area contributed by atoms with Gasteiger partial charge < -0.3 is 0 Å². The van der Waals surface area contributed by atoms with Crippen molar-refractivity contribution in [3.8, 4) is 0 Å². The van der Waals surface area contributed by atoms with Gasteiger partial charge in [0.1, 0.15) is 28.3 Å². The average molecular weight is 428 g/mol. The van der Waals surface area contributed by atoms with Crippen molar-refractivity contribution in [3.05, 3.63) is 102 Å². The van der Waals surface area contributed by atoms with Gasteiger partial charge in [-0.25, -0.2) is 0 Å². The minimum atomic E-state index is -1.99. The van der Waals surface area contributed by atoms with E-state index >= 15 is 0 Å². The quantitative estimate of drug-likeness (QED) is 0.303. The van der Waals surface area contributed by atoms with Gasteiger partial charge >= 0.3 is 0 Å². The fraction of sp³-hybridized carbons (Fsp3) is 0.333. The Morgan fingerprint density at radius 3 is 1.35 bits per heavy atom. The molecule has 0 N–H and O–H groups in total. The van der Waals surface area contributed by atoms with Crippen molar-refractivity contribution in [2.75, 3.05) is 0 Å². The molecule has 0 heterocycles. The van der Waals surface area contributed by atoms with Crippen molar-refractivity contribution in [1.29, 1.82) is 0 Å². The second-order valence-corrected chi connectivity index (χ2v) is 13.9. The molecule has 0 bridgehead atoms. The van der Waals surface area contributed by atoms with Gasteiger partial charge in [-0.2, -0.15) is 0 Å². The zero-order valence-corrected chi connectivity index (χ0v) is 20.6. The van der Waals surface area contributed by atoms with Gasteiger partial charge in [-0.1, -0.05) is 74.0 Å². The van der Waals surface area contributed by atoms with E-state index in [4.69, 9.17) is 0 Å². The first-order chi connectivity index (χ1) is 14.8. The molecule has 3 aromatic carbocycles. The lowest BCUT2D eigenvalue weighted by Gasteiger charge is -2.52. The molecule has 1 atom stereocenters. The summed E-state index contributed by atoms with van der Waals surface area (Å²) in [5.74, 6) is 0. The highest BCUT2D eigenvalue weighted by Crippen LogP contribution is 2.73. The largest absolute Gasteiger partial charge is 0.121 e. The van der Waals surface area contributed by atoms with E-state index < -0.39 is 7.26 Å². The maximum atomic E-state index is 2.59. The van der Waals surface area contributed by atoms with Crippen molar-refractivity contribution in [3.63, 3.8) is 0 Å². The Kier molecular flexibility index (Phi) is 5.97. The number of benzene rings is 3. The van der Waals surface area contributed by atoms with Crippen LogP contribution in [-0.2, 0) is 0 Å². The normalized spacial score (nSPS) is 21.0. The minimum Gasteiger partial charge on any atom is -0.0725 e. The van der Waals surface area contributed by atoms with E-state index in [1.165, 1.54) is 40.7 Å². The van der Waals surface area contributed by atoms with Gasteiger partial charge in [0.2, 0.25) is 0 Å². The fourth-order valence-electron chi connectivity index (χ4n) is 6.66. The SMILES string of the molecule is CC(C)=C1C(C)(C)CCCC1(C)[P+](c1ccccc1)(c1ccccc1)c1ccccc1. The zero-order valence-electron chi connectivity index (χ0n) is 19.7. The van der Waals surface area contributed by atoms with Gasteiger partial charge in [-0.15, -0.1) is 0 Å². The molecule has 0 nitrogen and oxygen atoms in total. The van der Waals surface area contributed by atoms with E-state index in [-0.39, 0.29) is 10.6 Å². The summed E-state index contributed by atoms with van der Waals surface area (Å²) in [5.41, 5.74) is 3.38. The maximum Gasteiger partial charge on any atom is 0.121 e. The summed E-state index contributed by atoms with van der Waals surface area (Å²) in [4.78, 5) is 0. The molecule has 0 aromatic heterocycles. The van der Waals surface area contributed by atoms with Crippen molar-refractivity contribution in [1.82, 2.24) is 0 Å². The number of allylic oxidation sites excluding steroid dienone is 2. The number of rotatable bonds is 4. The van der Waals surface area contributed by atoms with Crippen LogP contribution >= 0.6 is 7.26 Å². The number of hydrogen-bond donors (Lipinski definition) is 0. The monoisotopic (exact) mass is 427 g/mol. The first-order valence-electron chi connectivity index (χ1n) is 11.6. The number of hydrogen-bond acceptors (Lipinski definition) is 0. The molecule has 0 spiro atoms. The summed E-state index contributed by atoms with van der Waals surface area (Å²) < 4.78 is 0. The summed E-state index contributed by atoms with van der Waals surface area (Å²) in [6.07, 6.45) is 3.76. The summed E-state index contributed by atoms with van der Waals surface area (Å²) >= 11 is 0. The fourth-order valence-corrected chi connectivity index (χ4v) is 12.5. The van der Waals surface area contributed by atoms with E-state index in [9.17, 15) is 0 Å². The van der Waals surface area contributed by atoms with Gasteiger partial charge in [0, 0.05) is 0 Å². The third-order valence-corrected chi connectivity index (χ3v) is 12.5. The Morgan fingerprint density at radius 1 is 0.613 bits per heavy atom. The van der Waals surface area contributed by atoms with Crippen LogP contribution in [0.4, 0.5) is 0 Å². The Balaban J connectivity index is 2.19. The van der Waals surface area contributed by atoms with Crippen molar-refractivity contribution in [2.24, 2.45) is 5.41 Å². The summed E-state index contributed by atoms with van der Waals surface area (Å²) in [6.45, 7) is 12.2. The van der Waals surface area contributed by atoms with Gasteiger partial charge in [-0.3, -0.25) is 0 Å². The van der Waals surface area contributed by atoms with Crippen LogP contribution < -0.4 is 15.9 Å². The summed E-state index contributed by atoms with van der Waals surface area (Å²) in [5, 5.41) is 4.54. The van der Waals surface area contributed by atoms with E-state index in [1.54, 1.807) is 5.57 Å². The lowest BCUT2D eigenvalue weighted by molar-refractivity contribution is 0.300. The molecule has 1 heteroatoms. The van der Waals surface area contributed by atoms with Crippen molar-refractivity contribution < 1.29 is 0 Å². The van der Waals surface area contributed by atoms with E-state index in [0.29, 0.717) is 0 Å². The van der Waals surface area contributed by atoms with Crippen molar-refractivity contribution in [2.45, 2.75) is 59.0 Å².